The van der Waals surface area contributed by atoms with E-state index >= 15 is 0 Å². The van der Waals surface area contributed by atoms with Crippen LogP contribution in [-0.2, 0) is 9.53 Å². The zero-order valence-corrected chi connectivity index (χ0v) is 22.6. The van der Waals surface area contributed by atoms with E-state index in [1.165, 1.54) is 12.8 Å². The molecule has 2 aliphatic rings. The van der Waals surface area contributed by atoms with E-state index in [1.807, 2.05) is 46.4 Å². The van der Waals surface area contributed by atoms with E-state index < -0.39 is 5.60 Å². The van der Waals surface area contributed by atoms with Crippen LogP contribution in [0, 0.1) is 5.92 Å². The lowest BCUT2D eigenvalue weighted by Gasteiger charge is -2.40. The molecule has 0 unspecified atom stereocenters. The summed E-state index contributed by atoms with van der Waals surface area (Å²) in [6.07, 6.45) is 3.92. The number of likely N-dealkylation sites (tertiary alicyclic amines) is 1. The Labute approximate surface area is 204 Å². The van der Waals surface area contributed by atoms with Gasteiger partial charge in [-0.15, -0.1) is 24.0 Å². The van der Waals surface area contributed by atoms with Crippen molar-refractivity contribution >= 4 is 41.9 Å². The first-order valence-corrected chi connectivity index (χ1v) is 11.1. The molecule has 2 fully saturated rings. The van der Waals surface area contributed by atoms with Crippen LogP contribution in [0.2, 0.25) is 0 Å². The summed E-state index contributed by atoms with van der Waals surface area (Å²) in [5.74, 6) is 1.29. The molecule has 1 aliphatic carbocycles. The Bertz CT molecular complexity index is 630. The lowest BCUT2D eigenvalue weighted by atomic mass is 10.0. The molecule has 9 heteroatoms. The van der Waals surface area contributed by atoms with Gasteiger partial charge in [-0.05, 0) is 73.1 Å². The third kappa shape index (κ3) is 10.3. The molecule has 2 amide bonds. The summed E-state index contributed by atoms with van der Waals surface area (Å²) < 4.78 is 5.67. The Morgan fingerprint density at radius 2 is 1.65 bits per heavy atom. The molecule has 0 aromatic carbocycles. The monoisotopic (exact) mass is 551 g/mol. The van der Waals surface area contributed by atoms with Gasteiger partial charge in [-0.1, -0.05) is 0 Å². The average Bonchev–Trinajstić information content (AvgIpc) is 3.42. The summed E-state index contributed by atoms with van der Waals surface area (Å²) in [6, 6.07) is 0.180. The van der Waals surface area contributed by atoms with E-state index in [-0.39, 0.29) is 54.1 Å². The predicted octanol–water partition coefficient (Wildman–Crippen LogP) is 3.21. The standard InChI is InChI=1S/C22H41N5O3.HI/c1-21(2,3)25-18(28)14-24-19(23-7)26-12-10-17(11-13-26)27(15-16-8-9-16)20(29)30-22(4,5)6;/h16-17H,8-15H2,1-7H3,(H,23,24)(H,25,28);1H. The lowest BCUT2D eigenvalue weighted by molar-refractivity contribution is -0.121. The average molecular weight is 552 g/mol. The maximum atomic E-state index is 12.8. The second kappa shape index (κ2) is 11.6. The minimum absolute atomic E-state index is 0. The molecule has 8 nitrogen and oxygen atoms in total. The lowest BCUT2D eigenvalue weighted by Crippen LogP contribution is -2.54. The Morgan fingerprint density at radius 1 is 1.06 bits per heavy atom. The second-order valence-electron chi connectivity index (χ2n) is 10.5. The summed E-state index contributed by atoms with van der Waals surface area (Å²) in [5, 5.41) is 6.11. The number of hydrogen-bond donors (Lipinski definition) is 2. The van der Waals surface area contributed by atoms with E-state index in [1.54, 1.807) is 7.05 Å². The van der Waals surface area contributed by atoms with Crippen molar-refractivity contribution in [3.05, 3.63) is 0 Å². The van der Waals surface area contributed by atoms with Crippen LogP contribution in [0.5, 0.6) is 0 Å². The molecule has 2 N–H and O–H groups in total. The Morgan fingerprint density at radius 3 is 2.10 bits per heavy atom. The number of ether oxygens (including phenoxy) is 1. The number of rotatable bonds is 5. The van der Waals surface area contributed by atoms with Gasteiger partial charge in [0, 0.05) is 38.3 Å². The van der Waals surface area contributed by atoms with E-state index in [4.69, 9.17) is 4.74 Å². The smallest absolute Gasteiger partial charge is 0.410 e. The van der Waals surface area contributed by atoms with Crippen molar-refractivity contribution in [1.82, 2.24) is 20.4 Å². The van der Waals surface area contributed by atoms with Gasteiger partial charge in [0.15, 0.2) is 5.96 Å². The molecule has 0 aromatic rings. The molecular formula is C22H42IN5O3. The van der Waals surface area contributed by atoms with Gasteiger partial charge in [-0.2, -0.15) is 0 Å². The number of amides is 2. The minimum atomic E-state index is -0.487. The highest BCUT2D eigenvalue weighted by Gasteiger charge is 2.35. The number of nitrogens with one attached hydrogen (secondary N) is 2. The Kier molecular flexibility index (Phi) is 10.4. The van der Waals surface area contributed by atoms with Gasteiger partial charge in [-0.25, -0.2) is 4.79 Å². The molecule has 1 heterocycles. The fourth-order valence-corrected chi connectivity index (χ4v) is 3.62. The van der Waals surface area contributed by atoms with E-state index in [0.29, 0.717) is 5.92 Å². The van der Waals surface area contributed by atoms with Gasteiger partial charge in [0.1, 0.15) is 5.60 Å². The SMILES string of the molecule is CN=C(NCC(=O)NC(C)(C)C)N1CCC(N(CC2CC2)C(=O)OC(C)(C)C)CC1.I. The number of aliphatic imine (C=N–C) groups is 1. The number of halogens is 1. The van der Waals surface area contributed by atoms with E-state index in [0.717, 1.165) is 38.4 Å². The maximum Gasteiger partial charge on any atom is 0.410 e. The molecule has 1 saturated carbocycles. The summed E-state index contributed by atoms with van der Waals surface area (Å²) in [6.45, 7) is 14.2. The van der Waals surface area contributed by atoms with Crippen molar-refractivity contribution in [1.29, 1.82) is 0 Å². The molecule has 1 saturated heterocycles. The second-order valence-corrected chi connectivity index (χ2v) is 10.5. The van der Waals surface area contributed by atoms with E-state index in [2.05, 4.69) is 20.5 Å². The van der Waals surface area contributed by atoms with Gasteiger partial charge < -0.3 is 25.2 Å². The first kappa shape index (κ1) is 27.8. The van der Waals surface area contributed by atoms with Crippen LogP contribution in [-0.4, -0.2) is 78.2 Å². The number of piperidine rings is 1. The third-order valence-corrected chi connectivity index (χ3v) is 5.12. The van der Waals surface area contributed by atoms with Crippen molar-refractivity contribution in [2.75, 3.05) is 33.2 Å². The normalized spacial score (nSPS) is 18.2. The van der Waals surface area contributed by atoms with Crippen LogP contribution in [0.25, 0.3) is 0 Å². The van der Waals surface area contributed by atoms with Crippen LogP contribution < -0.4 is 10.6 Å². The number of carbonyl (C=O) groups excluding carboxylic acids is 2. The summed E-state index contributed by atoms with van der Waals surface area (Å²) in [7, 11) is 1.73. The van der Waals surface area contributed by atoms with Gasteiger partial charge in [0.2, 0.25) is 5.91 Å². The van der Waals surface area contributed by atoms with Crippen molar-refractivity contribution < 1.29 is 14.3 Å². The maximum absolute atomic E-state index is 12.8. The molecule has 0 spiro atoms. The van der Waals surface area contributed by atoms with Gasteiger partial charge >= 0.3 is 6.09 Å². The summed E-state index contributed by atoms with van der Waals surface area (Å²) in [5.41, 5.74) is -0.744. The van der Waals surface area contributed by atoms with Crippen LogP contribution in [0.4, 0.5) is 4.79 Å². The zero-order chi connectivity index (χ0) is 22.5. The Hall–Kier alpha value is -1.26. The van der Waals surface area contributed by atoms with Crippen LogP contribution in [0.15, 0.2) is 4.99 Å². The fourth-order valence-electron chi connectivity index (χ4n) is 3.62. The largest absolute Gasteiger partial charge is 0.444 e. The zero-order valence-electron chi connectivity index (χ0n) is 20.3. The van der Waals surface area contributed by atoms with Crippen molar-refractivity contribution in [3.8, 4) is 0 Å². The van der Waals surface area contributed by atoms with Gasteiger partial charge in [-0.3, -0.25) is 9.79 Å². The summed E-state index contributed by atoms with van der Waals surface area (Å²) >= 11 is 0. The molecule has 2 rings (SSSR count). The number of nitrogens with zero attached hydrogens (tertiary/aromatic N) is 3. The van der Waals surface area contributed by atoms with Crippen molar-refractivity contribution in [2.24, 2.45) is 10.9 Å². The van der Waals surface area contributed by atoms with Crippen LogP contribution in [0.1, 0.15) is 67.2 Å². The van der Waals surface area contributed by atoms with Crippen molar-refractivity contribution in [3.63, 3.8) is 0 Å². The highest BCUT2D eigenvalue weighted by atomic mass is 127. The van der Waals surface area contributed by atoms with Gasteiger partial charge in [0.05, 0.1) is 6.54 Å². The molecular weight excluding hydrogens is 509 g/mol. The molecule has 0 bridgehead atoms. The Balaban J connectivity index is 0.00000480. The number of hydrogen-bond acceptors (Lipinski definition) is 4. The molecule has 0 atom stereocenters. The molecule has 180 valence electrons. The van der Waals surface area contributed by atoms with E-state index in [9.17, 15) is 9.59 Å². The molecule has 0 radical (unpaired) electrons. The molecule has 1 aliphatic heterocycles. The predicted molar refractivity (Wildman–Crippen MR) is 135 cm³/mol. The third-order valence-electron chi connectivity index (χ3n) is 5.12. The van der Waals surface area contributed by atoms with Crippen LogP contribution in [0.3, 0.4) is 0 Å². The van der Waals surface area contributed by atoms with Gasteiger partial charge in [0.25, 0.3) is 0 Å². The molecule has 31 heavy (non-hydrogen) atoms. The highest BCUT2D eigenvalue weighted by Crippen LogP contribution is 2.32. The first-order chi connectivity index (χ1) is 13.9. The van der Waals surface area contributed by atoms with Crippen LogP contribution >= 0.6 is 24.0 Å². The minimum Gasteiger partial charge on any atom is -0.444 e. The number of guanidine groups is 1. The quantitative estimate of drug-likeness (QED) is 0.312. The van der Waals surface area contributed by atoms with Crippen molar-refractivity contribution in [2.45, 2.75) is 84.4 Å². The summed E-state index contributed by atoms with van der Waals surface area (Å²) in [4.78, 5) is 33.3. The first-order valence-electron chi connectivity index (χ1n) is 11.1. The fraction of sp³-hybridized carbons (Fsp3) is 0.864. The highest BCUT2D eigenvalue weighted by molar-refractivity contribution is 14.0. The number of carbonyl (C=O) groups is 2. The topological polar surface area (TPSA) is 86.3 Å². The molecule has 0 aromatic heterocycles.